The van der Waals surface area contributed by atoms with Crippen molar-refractivity contribution in [2.45, 2.75) is 66.6 Å². The van der Waals surface area contributed by atoms with E-state index in [0.717, 1.165) is 25.7 Å². The third-order valence-electron chi connectivity index (χ3n) is 7.14. The van der Waals surface area contributed by atoms with E-state index in [4.69, 9.17) is 16.7 Å². The van der Waals surface area contributed by atoms with Crippen LogP contribution in [0.15, 0.2) is 21.9 Å². The Morgan fingerprint density at radius 2 is 2.00 bits per heavy atom. The average Bonchev–Trinajstić information content (AvgIpc) is 3.17. The Bertz CT molecular complexity index is 1220. The number of likely N-dealkylation sites (tertiary alicyclic amines) is 1. The van der Waals surface area contributed by atoms with Gasteiger partial charge >= 0.3 is 5.97 Å². The van der Waals surface area contributed by atoms with Crippen molar-refractivity contribution in [3.63, 3.8) is 0 Å². The number of amides is 1. The van der Waals surface area contributed by atoms with Crippen LogP contribution in [0.4, 0.5) is 5.69 Å². The van der Waals surface area contributed by atoms with Gasteiger partial charge in [-0.15, -0.1) is 0 Å². The molecule has 1 aromatic rings. The lowest BCUT2D eigenvalue weighted by Gasteiger charge is -2.35. The van der Waals surface area contributed by atoms with Crippen LogP contribution in [0.2, 0.25) is 5.02 Å². The van der Waals surface area contributed by atoms with Gasteiger partial charge in [-0.05, 0) is 62.7 Å². The SMILES string of the molecule is CN1Sc2cc(S(N)(=O)=O)c(Cl)cc2NC1CCP(=O)(O)CC(=O)N1[C@@H]2CCCC[C@@H]2C[C@H]1C(=O)O. The highest BCUT2D eigenvalue weighted by atomic mass is 35.5. The number of carboxylic acid groups (broad SMARTS) is 1. The molecule has 1 saturated heterocycles. The molecule has 0 spiro atoms. The second kappa shape index (κ2) is 10.4. The number of hydrogen-bond donors (Lipinski definition) is 4. The van der Waals surface area contributed by atoms with E-state index < -0.39 is 47.6 Å². The van der Waals surface area contributed by atoms with Gasteiger partial charge in [0.2, 0.25) is 23.3 Å². The first-order valence-electron chi connectivity index (χ1n) is 11.7. The molecule has 3 aliphatic rings. The lowest BCUT2D eigenvalue weighted by atomic mass is 9.85. The van der Waals surface area contributed by atoms with E-state index in [0.29, 0.717) is 17.0 Å². The molecule has 0 aromatic heterocycles. The fourth-order valence-corrected chi connectivity index (χ4v) is 8.97. The second-order valence-corrected chi connectivity index (χ2v) is 15.2. The average molecular weight is 581 g/mol. The molecule has 1 amide bonds. The summed E-state index contributed by atoms with van der Waals surface area (Å²) in [6.45, 7) is 0. The van der Waals surface area contributed by atoms with Crippen molar-refractivity contribution >= 4 is 58.5 Å². The number of fused-ring (bicyclic) bond motifs is 2. The number of benzene rings is 1. The Balaban J connectivity index is 1.41. The molecule has 2 unspecified atom stereocenters. The van der Waals surface area contributed by atoms with E-state index in [-0.39, 0.29) is 34.5 Å². The summed E-state index contributed by atoms with van der Waals surface area (Å²) in [6.07, 6.45) is 2.98. The Hall–Kier alpha value is -1.34. The minimum atomic E-state index is -4.00. The van der Waals surface area contributed by atoms with Crippen molar-refractivity contribution in [1.82, 2.24) is 9.21 Å². The van der Waals surface area contributed by atoms with E-state index in [1.807, 2.05) is 0 Å². The molecule has 15 heteroatoms. The lowest BCUT2D eigenvalue weighted by molar-refractivity contribution is -0.148. The number of anilines is 1. The summed E-state index contributed by atoms with van der Waals surface area (Å²) in [4.78, 5) is 37.3. The predicted molar refractivity (Wildman–Crippen MR) is 137 cm³/mol. The zero-order valence-electron chi connectivity index (χ0n) is 19.7. The van der Waals surface area contributed by atoms with Gasteiger partial charge in [-0.25, -0.2) is 22.7 Å². The molecule has 11 nitrogen and oxygen atoms in total. The van der Waals surface area contributed by atoms with Gasteiger partial charge in [0.15, 0.2) is 0 Å². The number of carbonyl (C=O) groups is 2. The molecule has 2 fully saturated rings. The number of carbonyl (C=O) groups excluding carboxylic acids is 1. The number of sulfonamides is 1. The minimum absolute atomic E-state index is 0.0364. The van der Waals surface area contributed by atoms with Crippen LogP contribution in [-0.2, 0) is 24.2 Å². The molecule has 1 saturated carbocycles. The first-order chi connectivity index (χ1) is 16.8. The number of nitrogens with one attached hydrogen (secondary N) is 1. The highest BCUT2D eigenvalue weighted by molar-refractivity contribution is 7.97. The van der Waals surface area contributed by atoms with E-state index >= 15 is 0 Å². The molecule has 200 valence electrons. The Morgan fingerprint density at radius 1 is 1.31 bits per heavy atom. The molecule has 1 aromatic carbocycles. The quantitative estimate of drug-likeness (QED) is 0.277. The van der Waals surface area contributed by atoms with E-state index in [9.17, 15) is 32.6 Å². The van der Waals surface area contributed by atoms with Crippen molar-refractivity contribution in [3.8, 4) is 0 Å². The van der Waals surface area contributed by atoms with Crippen molar-refractivity contribution in [2.75, 3.05) is 24.7 Å². The molecule has 5 atom stereocenters. The second-order valence-electron chi connectivity index (χ2n) is 9.64. The summed E-state index contributed by atoms with van der Waals surface area (Å²) in [5.41, 5.74) is 0.564. The van der Waals surface area contributed by atoms with Gasteiger partial charge in [0.05, 0.1) is 16.9 Å². The van der Waals surface area contributed by atoms with Gasteiger partial charge in [-0.2, -0.15) is 0 Å². The van der Waals surface area contributed by atoms with Crippen LogP contribution in [-0.4, -0.2) is 77.1 Å². The number of nitrogens with zero attached hydrogens (tertiary/aromatic N) is 2. The normalized spacial score (nSPS) is 28.1. The summed E-state index contributed by atoms with van der Waals surface area (Å²) in [5, 5.41) is 18.0. The Labute approximate surface area is 219 Å². The number of halogens is 1. The Kier molecular flexibility index (Phi) is 8.03. The highest BCUT2D eigenvalue weighted by Gasteiger charge is 2.48. The maximum atomic E-state index is 13.1. The first kappa shape index (κ1) is 27.7. The van der Waals surface area contributed by atoms with Gasteiger partial charge in [-0.3, -0.25) is 9.36 Å². The number of hydrogen-bond acceptors (Lipinski definition) is 8. The van der Waals surface area contributed by atoms with Crippen LogP contribution in [0, 0.1) is 5.92 Å². The number of carboxylic acids is 1. The standard InChI is InChI=1S/C21H30ClN4O7PS2/c1-25-19(24-14-9-13(22)18(36(23,32)33)10-17(14)35-25)6-7-34(30,31)11-20(27)26-15-5-3-2-4-12(15)8-16(26)21(28)29/h9-10,12,15-16,19,24H,2-8,11H2,1H3,(H,28,29)(H,30,31)(H2,23,32,33)/t12-,15-,16+,19?/m1/s1. The lowest BCUT2D eigenvalue weighted by Crippen LogP contribution is -2.47. The molecule has 5 N–H and O–H groups in total. The summed E-state index contributed by atoms with van der Waals surface area (Å²) < 4.78 is 38.3. The maximum Gasteiger partial charge on any atom is 0.326 e. The highest BCUT2D eigenvalue weighted by Crippen LogP contribution is 2.47. The maximum absolute atomic E-state index is 13.1. The van der Waals surface area contributed by atoms with Gasteiger partial charge in [-0.1, -0.05) is 24.4 Å². The Morgan fingerprint density at radius 3 is 2.67 bits per heavy atom. The van der Waals surface area contributed by atoms with E-state index in [1.54, 1.807) is 11.4 Å². The van der Waals surface area contributed by atoms with Gasteiger partial charge in [0.1, 0.15) is 17.1 Å². The molecular formula is C21H30ClN4O7PS2. The first-order valence-corrected chi connectivity index (χ1v) is 16.4. The molecule has 1 aliphatic carbocycles. The summed E-state index contributed by atoms with van der Waals surface area (Å²) in [6, 6.07) is 1.70. The summed E-state index contributed by atoms with van der Waals surface area (Å²) in [5.74, 6) is -1.52. The van der Waals surface area contributed by atoms with Crippen LogP contribution >= 0.6 is 30.9 Å². The number of aliphatic carboxylic acids is 1. The van der Waals surface area contributed by atoms with E-state index in [2.05, 4.69) is 5.32 Å². The van der Waals surface area contributed by atoms with Crippen molar-refractivity contribution in [2.24, 2.45) is 11.1 Å². The minimum Gasteiger partial charge on any atom is -0.480 e. The molecule has 2 aliphatic heterocycles. The zero-order valence-corrected chi connectivity index (χ0v) is 23.0. The van der Waals surface area contributed by atoms with E-state index in [1.165, 1.54) is 29.0 Å². The van der Waals surface area contributed by atoms with Crippen LogP contribution in [0.1, 0.15) is 38.5 Å². The fourth-order valence-electron chi connectivity index (χ4n) is 5.42. The van der Waals surface area contributed by atoms with Gasteiger partial charge < -0.3 is 20.2 Å². The van der Waals surface area contributed by atoms with Crippen LogP contribution in [0.5, 0.6) is 0 Å². The number of rotatable bonds is 7. The predicted octanol–water partition coefficient (Wildman–Crippen LogP) is 2.58. The smallest absolute Gasteiger partial charge is 0.326 e. The molecule has 0 bridgehead atoms. The monoisotopic (exact) mass is 580 g/mol. The molecule has 0 radical (unpaired) electrons. The third-order valence-corrected chi connectivity index (χ3v) is 11.3. The van der Waals surface area contributed by atoms with Crippen LogP contribution in [0.25, 0.3) is 0 Å². The van der Waals surface area contributed by atoms with Crippen molar-refractivity contribution in [1.29, 1.82) is 0 Å². The van der Waals surface area contributed by atoms with Crippen LogP contribution in [0.3, 0.4) is 0 Å². The third kappa shape index (κ3) is 5.87. The molecule has 36 heavy (non-hydrogen) atoms. The van der Waals surface area contributed by atoms with Crippen molar-refractivity contribution in [3.05, 3.63) is 17.2 Å². The number of primary sulfonamides is 1. The van der Waals surface area contributed by atoms with Gasteiger partial charge in [0, 0.05) is 17.1 Å². The largest absolute Gasteiger partial charge is 0.480 e. The van der Waals surface area contributed by atoms with Crippen LogP contribution < -0.4 is 10.5 Å². The molecular weight excluding hydrogens is 551 g/mol. The summed E-state index contributed by atoms with van der Waals surface area (Å²) >= 11 is 7.33. The molecule has 2 heterocycles. The topological polar surface area (TPSA) is 170 Å². The summed E-state index contributed by atoms with van der Waals surface area (Å²) in [7, 11) is -6.16. The molecule has 4 rings (SSSR count). The fraction of sp³-hybridized carbons (Fsp3) is 0.619. The zero-order chi connectivity index (χ0) is 26.4. The van der Waals surface area contributed by atoms with Crippen molar-refractivity contribution < 1.29 is 32.6 Å². The number of nitrogens with two attached hydrogens (primary N) is 1. The van der Waals surface area contributed by atoms with Gasteiger partial charge in [0.25, 0.3) is 0 Å².